The lowest BCUT2D eigenvalue weighted by Crippen LogP contribution is -2.47. The summed E-state index contributed by atoms with van der Waals surface area (Å²) in [6.45, 7) is 0.679. The number of nitrogens with zero attached hydrogens (tertiary/aromatic N) is 2. The predicted molar refractivity (Wildman–Crippen MR) is 89.7 cm³/mol. The topological polar surface area (TPSA) is 82.5 Å². The summed E-state index contributed by atoms with van der Waals surface area (Å²) in [6.07, 6.45) is 4.51. The van der Waals surface area contributed by atoms with Crippen LogP contribution in [0.5, 0.6) is 5.75 Å². The number of sulfonamides is 1. The lowest BCUT2D eigenvalue weighted by Gasteiger charge is -2.31. The van der Waals surface area contributed by atoms with Crippen LogP contribution in [-0.2, 0) is 14.8 Å². The highest BCUT2D eigenvalue weighted by Gasteiger charge is 2.29. The Hall–Kier alpha value is -2.04. The zero-order chi connectivity index (χ0) is 18.7. The largest absolute Gasteiger partial charge is 0.490 e. The standard InChI is InChI=1S/C16H19F2N3O4S/c1-26(22,23)20-12-5-8-24-9-11(12)10-25-14-4-3-13(15(17)16(14)18)21-7-2-6-19-21/h2-4,6-7,11-12,20H,5,8-10H2,1H3. The third-order valence-corrected chi connectivity index (χ3v) is 4.80. The summed E-state index contributed by atoms with van der Waals surface area (Å²) in [5, 5.41) is 3.87. The molecule has 2 heterocycles. The summed E-state index contributed by atoms with van der Waals surface area (Å²) in [6, 6.07) is 3.90. The van der Waals surface area contributed by atoms with E-state index in [0.717, 1.165) is 6.26 Å². The molecule has 2 atom stereocenters. The lowest BCUT2D eigenvalue weighted by molar-refractivity contribution is 0.0180. The highest BCUT2D eigenvalue weighted by Crippen LogP contribution is 2.26. The number of benzene rings is 1. The monoisotopic (exact) mass is 387 g/mol. The first kappa shape index (κ1) is 18.7. The van der Waals surface area contributed by atoms with Gasteiger partial charge in [-0.05, 0) is 24.6 Å². The number of ether oxygens (including phenoxy) is 2. The Bertz CT molecular complexity index is 859. The molecule has 7 nitrogen and oxygen atoms in total. The van der Waals surface area contributed by atoms with Crippen molar-refractivity contribution < 1.29 is 26.7 Å². The molecular formula is C16H19F2N3O4S. The summed E-state index contributed by atoms with van der Waals surface area (Å²) >= 11 is 0. The highest BCUT2D eigenvalue weighted by molar-refractivity contribution is 7.88. The second kappa shape index (κ2) is 7.68. The summed E-state index contributed by atoms with van der Waals surface area (Å²) in [5.41, 5.74) is -0.0301. The Morgan fingerprint density at radius 3 is 2.88 bits per heavy atom. The van der Waals surface area contributed by atoms with E-state index in [2.05, 4.69) is 9.82 Å². The van der Waals surface area contributed by atoms with Crippen LogP contribution in [0.15, 0.2) is 30.6 Å². The van der Waals surface area contributed by atoms with Gasteiger partial charge in [-0.1, -0.05) is 0 Å². The van der Waals surface area contributed by atoms with Crippen molar-refractivity contribution in [1.29, 1.82) is 0 Å². The van der Waals surface area contributed by atoms with Crippen LogP contribution in [0.4, 0.5) is 8.78 Å². The molecular weight excluding hydrogens is 368 g/mol. The van der Waals surface area contributed by atoms with Crippen molar-refractivity contribution >= 4 is 10.0 Å². The third kappa shape index (κ3) is 4.37. The van der Waals surface area contributed by atoms with Crippen LogP contribution in [0.25, 0.3) is 5.69 Å². The second-order valence-corrected chi connectivity index (χ2v) is 7.87. The van der Waals surface area contributed by atoms with Crippen LogP contribution < -0.4 is 9.46 Å². The minimum atomic E-state index is -3.39. The van der Waals surface area contributed by atoms with Gasteiger partial charge >= 0.3 is 0 Å². The second-order valence-electron chi connectivity index (χ2n) is 6.09. The fraction of sp³-hybridized carbons (Fsp3) is 0.438. The van der Waals surface area contributed by atoms with Gasteiger partial charge in [-0.3, -0.25) is 0 Å². The molecule has 1 aliphatic heterocycles. The maximum Gasteiger partial charge on any atom is 0.208 e. The van der Waals surface area contributed by atoms with E-state index in [0.29, 0.717) is 13.0 Å². The predicted octanol–water partition coefficient (Wildman–Crippen LogP) is 1.48. The molecule has 0 spiro atoms. The average molecular weight is 387 g/mol. The Kier molecular flexibility index (Phi) is 5.54. The van der Waals surface area contributed by atoms with E-state index in [-0.39, 0.29) is 36.6 Å². The van der Waals surface area contributed by atoms with Gasteiger partial charge in [0.05, 0.1) is 19.5 Å². The normalized spacial score (nSPS) is 20.9. The third-order valence-electron chi connectivity index (χ3n) is 4.07. The summed E-state index contributed by atoms with van der Waals surface area (Å²) in [7, 11) is -3.39. The maximum absolute atomic E-state index is 14.3. The first-order valence-corrected chi connectivity index (χ1v) is 9.90. The molecule has 3 rings (SSSR count). The van der Waals surface area contributed by atoms with Crippen molar-refractivity contribution in [2.45, 2.75) is 12.5 Å². The molecule has 2 unspecified atom stereocenters. The molecule has 0 aliphatic carbocycles. The summed E-state index contributed by atoms with van der Waals surface area (Å²) < 4.78 is 66.0. The van der Waals surface area contributed by atoms with Gasteiger partial charge in [0.1, 0.15) is 5.69 Å². The lowest BCUT2D eigenvalue weighted by atomic mass is 9.98. The van der Waals surface area contributed by atoms with Crippen LogP contribution in [0, 0.1) is 17.6 Å². The van der Waals surface area contributed by atoms with E-state index < -0.39 is 21.7 Å². The molecule has 1 saturated heterocycles. The molecule has 1 N–H and O–H groups in total. The SMILES string of the molecule is CS(=O)(=O)NC1CCOCC1COc1ccc(-n2cccn2)c(F)c1F. The Labute approximate surface area is 150 Å². The van der Waals surface area contributed by atoms with E-state index in [1.54, 1.807) is 6.07 Å². The van der Waals surface area contributed by atoms with Crippen molar-refractivity contribution in [3.8, 4) is 11.4 Å². The van der Waals surface area contributed by atoms with Gasteiger partial charge in [0.2, 0.25) is 15.8 Å². The number of rotatable bonds is 6. The van der Waals surface area contributed by atoms with Crippen molar-refractivity contribution in [3.63, 3.8) is 0 Å². The zero-order valence-corrected chi connectivity index (χ0v) is 14.9. The van der Waals surface area contributed by atoms with Crippen LogP contribution >= 0.6 is 0 Å². The first-order valence-electron chi connectivity index (χ1n) is 8.01. The van der Waals surface area contributed by atoms with E-state index >= 15 is 0 Å². The molecule has 1 fully saturated rings. The van der Waals surface area contributed by atoms with Gasteiger partial charge in [-0.25, -0.2) is 22.2 Å². The quantitative estimate of drug-likeness (QED) is 0.812. The summed E-state index contributed by atoms with van der Waals surface area (Å²) in [4.78, 5) is 0. The first-order chi connectivity index (χ1) is 12.3. The van der Waals surface area contributed by atoms with Gasteiger partial charge in [0, 0.05) is 31.0 Å². The van der Waals surface area contributed by atoms with Crippen molar-refractivity contribution in [3.05, 3.63) is 42.2 Å². The Morgan fingerprint density at radius 2 is 2.19 bits per heavy atom. The Morgan fingerprint density at radius 1 is 1.38 bits per heavy atom. The van der Waals surface area contributed by atoms with E-state index in [1.807, 2.05) is 0 Å². The average Bonchev–Trinajstić information content (AvgIpc) is 3.10. The Balaban J connectivity index is 1.71. The van der Waals surface area contributed by atoms with Crippen LogP contribution in [0.1, 0.15) is 6.42 Å². The van der Waals surface area contributed by atoms with Gasteiger partial charge in [-0.2, -0.15) is 9.49 Å². The summed E-state index contributed by atoms with van der Waals surface area (Å²) in [5.74, 6) is -2.76. The molecule has 10 heteroatoms. The fourth-order valence-corrected chi connectivity index (χ4v) is 3.67. The van der Waals surface area contributed by atoms with Gasteiger partial charge in [0.15, 0.2) is 11.6 Å². The number of nitrogens with one attached hydrogen (secondary N) is 1. The van der Waals surface area contributed by atoms with Crippen LogP contribution in [0.3, 0.4) is 0 Å². The fourth-order valence-electron chi connectivity index (χ4n) is 2.81. The van der Waals surface area contributed by atoms with Crippen LogP contribution in [0.2, 0.25) is 0 Å². The molecule has 0 bridgehead atoms. The van der Waals surface area contributed by atoms with Crippen molar-refractivity contribution in [2.24, 2.45) is 5.92 Å². The molecule has 2 aromatic rings. The van der Waals surface area contributed by atoms with E-state index in [9.17, 15) is 17.2 Å². The number of hydrogen-bond donors (Lipinski definition) is 1. The minimum Gasteiger partial charge on any atom is -0.490 e. The van der Waals surface area contributed by atoms with Gasteiger partial charge in [-0.15, -0.1) is 0 Å². The van der Waals surface area contributed by atoms with E-state index in [1.165, 1.54) is 29.2 Å². The molecule has 0 amide bonds. The van der Waals surface area contributed by atoms with Gasteiger partial charge < -0.3 is 9.47 Å². The number of hydrogen-bond acceptors (Lipinski definition) is 5. The van der Waals surface area contributed by atoms with Crippen molar-refractivity contribution in [2.75, 3.05) is 26.1 Å². The number of halogens is 2. The maximum atomic E-state index is 14.3. The van der Waals surface area contributed by atoms with Crippen molar-refractivity contribution in [1.82, 2.24) is 14.5 Å². The van der Waals surface area contributed by atoms with Crippen LogP contribution in [-0.4, -0.2) is 50.3 Å². The molecule has 1 aromatic heterocycles. The molecule has 0 saturated carbocycles. The highest BCUT2D eigenvalue weighted by atomic mass is 32.2. The zero-order valence-electron chi connectivity index (χ0n) is 14.1. The number of aromatic nitrogens is 2. The molecule has 1 aromatic carbocycles. The van der Waals surface area contributed by atoms with Gasteiger partial charge in [0.25, 0.3) is 0 Å². The molecule has 26 heavy (non-hydrogen) atoms. The minimum absolute atomic E-state index is 0.00926. The smallest absolute Gasteiger partial charge is 0.208 e. The molecule has 0 radical (unpaired) electrons. The molecule has 1 aliphatic rings. The molecule has 142 valence electrons. The van der Waals surface area contributed by atoms with E-state index in [4.69, 9.17) is 9.47 Å².